The van der Waals surface area contributed by atoms with Crippen LogP contribution in [0.4, 0.5) is 5.69 Å². The van der Waals surface area contributed by atoms with Gasteiger partial charge in [-0.05, 0) is 56.5 Å². The third-order valence-corrected chi connectivity index (χ3v) is 3.95. The Morgan fingerprint density at radius 3 is 2.42 bits per heavy atom. The van der Waals surface area contributed by atoms with Crippen LogP contribution in [0.25, 0.3) is 0 Å². The summed E-state index contributed by atoms with van der Waals surface area (Å²) >= 11 is 6.90. The molecule has 0 aliphatic heterocycles. The van der Waals surface area contributed by atoms with E-state index in [1.165, 1.54) is 0 Å². The average Bonchev–Trinajstić information content (AvgIpc) is 2.69. The van der Waals surface area contributed by atoms with Crippen LogP contribution in [0, 0.1) is 0 Å². The van der Waals surface area contributed by atoms with Crippen molar-refractivity contribution in [3.63, 3.8) is 0 Å². The summed E-state index contributed by atoms with van der Waals surface area (Å²) in [5.41, 5.74) is 8.53. The van der Waals surface area contributed by atoms with Gasteiger partial charge in [0.25, 0.3) is 0 Å². The van der Waals surface area contributed by atoms with E-state index in [0.717, 1.165) is 32.5 Å². The van der Waals surface area contributed by atoms with Crippen molar-refractivity contribution in [2.24, 2.45) is 7.05 Å². The number of benzene rings is 1. The largest absolute Gasteiger partial charge is 0.485 e. The highest BCUT2D eigenvalue weighted by molar-refractivity contribution is 9.11. The van der Waals surface area contributed by atoms with Crippen LogP contribution in [0.5, 0.6) is 5.75 Å². The summed E-state index contributed by atoms with van der Waals surface area (Å²) in [4.78, 5) is 0. The summed E-state index contributed by atoms with van der Waals surface area (Å²) in [6, 6.07) is 5.70. The molecule has 19 heavy (non-hydrogen) atoms. The molecule has 4 nitrogen and oxygen atoms in total. The van der Waals surface area contributed by atoms with Gasteiger partial charge in [-0.15, -0.1) is 0 Å². The lowest BCUT2D eigenvalue weighted by Gasteiger charge is -2.11. The molecule has 2 N–H and O–H groups in total. The van der Waals surface area contributed by atoms with E-state index in [2.05, 4.69) is 49.9 Å². The number of nitrogen functional groups attached to an aromatic ring is 1. The Kier molecular flexibility index (Phi) is 4.52. The molecule has 2 aromatic rings. The van der Waals surface area contributed by atoms with Crippen LogP contribution >= 0.6 is 31.9 Å². The van der Waals surface area contributed by atoms with E-state index in [-0.39, 0.29) is 0 Å². The fourth-order valence-electron chi connectivity index (χ4n) is 1.74. The van der Waals surface area contributed by atoms with E-state index >= 15 is 0 Å². The van der Waals surface area contributed by atoms with Gasteiger partial charge in [-0.1, -0.05) is 6.92 Å². The van der Waals surface area contributed by atoms with Gasteiger partial charge in [0.2, 0.25) is 0 Å². The number of anilines is 1. The molecular formula is C13H15Br2N3O. The summed E-state index contributed by atoms with van der Waals surface area (Å²) in [6.45, 7) is 2.55. The van der Waals surface area contributed by atoms with Crippen molar-refractivity contribution >= 4 is 37.5 Å². The standard InChI is InChI=1S/C13H15Br2N3O/c1-3-9-6-10(18(2)17-9)7-19-13-11(14)4-8(16)5-12(13)15/h4-6H,3,7,16H2,1-2H3. The number of aromatic nitrogens is 2. The third-order valence-electron chi connectivity index (χ3n) is 2.77. The molecule has 2 rings (SSSR count). The van der Waals surface area contributed by atoms with E-state index in [0.29, 0.717) is 12.3 Å². The second-order valence-electron chi connectivity index (χ2n) is 4.21. The zero-order chi connectivity index (χ0) is 14.0. The second kappa shape index (κ2) is 5.96. The van der Waals surface area contributed by atoms with Gasteiger partial charge in [0, 0.05) is 12.7 Å². The second-order valence-corrected chi connectivity index (χ2v) is 5.92. The number of hydrogen-bond donors (Lipinski definition) is 1. The van der Waals surface area contributed by atoms with Crippen molar-refractivity contribution in [3.05, 3.63) is 38.5 Å². The lowest BCUT2D eigenvalue weighted by atomic mass is 10.3. The third kappa shape index (κ3) is 3.30. The molecule has 0 aliphatic rings. The zero-order valence-corrected chi connectivity index (χ0v) is 14.0. The first-order valence-corrected chi connectivity index (χ1v) is 7.49. The van der Waals surface area contributed by atoms with Gasteiger partial charge in [-0.2, -0.15) is 5.10 Å². The predicted octanol–water partition coefficient (Wildman–Crippen LogP) is 3.67. The first kappa shape index (κ1) is 14.4. The summed E-state index contributed by atoms with van der Waals surface area (Å²) < 4.78 is 9.34. The van der Waals surface area contributed by atoms with Crippen LogP contribution in [0.3, 0.4) is 0 Å². The number of rotatable bonds is 4. The van der Waals surface area contributed by atoms with Crippen molar-refractivity contribution in [2.45, 2.75) is 20.0 Å². The molecule has 0 aliphatic carbocycles. The van der Waals surface area contributed by atoms with Crippen LogP contribution in [0.1, 0.15) is 18.3 Å². The normalized spacial score (nSPS) is 10.7. The molecule has 0 bridgehead atoms. The first-order valence-electron chi connectivity index (χ1n) is 5.90. The highest BCUT2D eigenvalue weighted by atomic mass is 79.9. The molecule has 0 atom stereocenters. The van der Waals surface area contributed by atoms with Crippen molar-refractivity contribution in [3.8, 4) is 5.75 Å². The summed E-state index contributed by atoms with van der Waals surface area (Å²) in [7, 11) is 1.92. The topological polar surface area (TPSA) is 53.1 Å². The molecule has 0 saturated heterocycles. The fourth-order valence-corrected chi connectivity index (χ4v) is 3.19. The van der Waals surface area contributed by atoms with Gasteiger partial charge in [-0.3, -0.25) is 4.68 Å². The molecule has 102 valence electrons. The Labute approximate surface area is 129 Å². The van der Waals surface area contributed by atoms with Gasteiger partial charge < -0.3 is 10.5 Å². The van der Waals surface area contributed by atoms with E-state index in [9.17, 15) is 0 Å². The SMILES string of the molecule is CCc1cc(COc2c(Br)cc(N)cc2Br)n(C)n1. The van der Waals surface area contributed by atoms with E-state index < -0.39 is 0 Å². The predicted molar refractivity (Wildman–Crippen MR) is 83.2 cm³/mol. The molecule has 1 heterocycles. The number of ether oxygens (including phenoxy) is 1. The maximum Gasteiger partial charge on any atom is 0.148 e. The highest BCUT2D eigenvalue weighted by Crippen LogP contribution is 2.36. The number of hydrogen-bond acceptors (Lipinski definition) is 3. The highest BCUT2D eigenvalue weighted by Gasteiger charge is 2.10. The zero-order valence-electron chi connectivity index (χ0n) is 10.8. The van der Waals surface area contributed by atoms with Crippen molar-refractivity contribution in [1.29, 1.82) is 0 Å². The Morgan fingerprint density at radius 2 is 1.89 bits per heavy atom. The van der Waals surface area contributed by atoms with Gasteiger partial charge in [-0.25, -0.2) is 0 Å². The Balaban J connectivity index is 2.16. The summed E-state index contributed by atoms with van der Waals surface area (Å²) in [5.74, 6) is 0.744. The maximum atomic E-state index is 5.84. The monoisotopic (exact) mass is 387 g/mol. The van der Waals surface area contributed by atoms with Crippen LogP contribution in [0.15, 0.2) is 27.1 Å². The van der Waals surface area contributed by atoms with Gasteiger partial charge in [0.05, 0.1) is 20.3 Å². The smallest absolute Gasteiger partial charge is 0.148 e. The van der Waals surface area contributed by atoms with Crippen molar-refractivity contribution in [1.82, 2.24) is 9.78 Å². The average molecular weight is 389 g/mol. The Bertz CT molecular complexity index is 573. The molecule has 0 fully saturated rings. The minimum absolute atomic E-state index is 0.463. The summed E-state index contributed by atoms with van der Waals surface area (Å²) in [6.07, 6.45) is 0.920. The van der Waals surface area contributed by atoms with E-state index in [1.807, 2.05) is 23.9 Å². The van der Waals surface area contributed by atoms with E-state index in [1.54, 1.807) is 0 Å². The molecule has 0 saturated carbocycles. The van der Waals surface area contributed by atoms with Crippen LogP contribution in [-0.4, -0.2) is 9.78 Å². The van der Waals surface area contributed by atoms with Gasteiger partial charge in [0.15, 0.2) is 0 Å². The molecular weight excluding hydrogens is 374 g/mol. The lowest BCUT2D eigenvalue weighted by molar-refractivity contribution is 0.291. The van der Waals surface area contributed by atoms with Crippen molar-refractivity contribution < 1.29 is 4.74 Å². The number of halogens is 2. The van der Waals surface area contributed by atoms with Crippen LogP contribution in [0.2, 0.25) is 0 Å². The Morgan fingerprint density at radius 1 is 1.26 bits per heavy atom. The fraction of sp³-hybridized carbons (Fsp3) is 0.308. The quantitative estimate of drug-likeness (QED) is 0.813. The van der Waals surface area contributed by atoms with Gasteiger partial charge in [0.1, 0.15) is 12.4 Å². The molecule has 1 aromatic heterocycles. The van der Waals surface area contributed by atoms with Gasteiger partial charge >= 0.3 is 0 Å². The van der Waals surface area contributed by atoms with Crippen LogP contribution < -0.4 is 10.5 Å². The summed E-state index contributed by atoms with van der Waals surface area (Å²) in [5, 5.41) is 4.39. The van der Waals surface area contributed by atoms with E-state index in [4.69, 9.17) is 10.5 Å². The van der Waals surface area contributed by atoms with Crippen LogP contribution in [-0.2, 0) is 20.1 Å². The first-order chi connectivity index (χ1) is 9.01. The maximum absolute atomic E-state index is 5.84. The number of nitrogens with two attached hydrogens (primary N) is 1. The Hall–Kier alpha value is -1.01. The molecule has 0 radical (unpaired) electrons. The van der Waals surface area contributed by atoms with Crippen molar-refractivity contribution in [2.75, 3.05) is 5.73 Å². The molecule has 0 amide bonds. The molecule has 0 spiro atoms. The molecule has 1 aromatic carbocycles. The number of nitrogens with zero attached hydrogens (tertiary/aromatic N) is 2. The minimum Gasteiger partial charge on any atom is -0.485 e. The number of aryl methyl sites for hydroxylation is 2. The lowest BCUT2D eigenvalue weighted by Crippen LogP contribution is -2.04. The molecule has 0 unspecified atom stereocenters. The minimum atomic E-state index is 0.463. The molecule has 6 heteroatoms.